The number of hydrogen-bond donors (Lipinski definition) is 0. The monoisotopic (exact) mass is 322 g/mol. The Labute approximate surface area is 128 Å². The number of aryl methyl sites for hydroxylation is 1. The average molecular weight is 323 g/mol. The molecule has 2 heterocycles. The molecule has 0 aliphatic heterocycles. The third kappa shape index (κ3) is 2.20. The molecule has 3 rings (SSSR count). The van der Waals surface area contributed by atoms with Crippen LogP contribution in [-0.2, 0) is 4.74 Å². The Balaban J connectivity index is 2.36. The molecule has 108 valence electrons. The van der Waals surface area contributed by atoms with Gasteiger partial charge in [0.2, 0.25) is 0 Å². The molecule has 0 radical (unpaired) electrons. The Morgan fingerprint density at radius 1 is 1.48 bits per heavy atom. The number of carbonyl (C=O) groups excluding carboxylic acids is 1. The van der Waals surface area contributed by atoms with Gasteiger partial charge in [0.25, 0.3) is 5.56 Å². The number of carbonyl (C=O) groups is 1. The van der Waals surface area contributed by atoms with Gasteiger partial charge in [0, 0.05) is 5.02 Å². The van der Waals surface area contributed by atoms with Crippen LogP contribution in [0.4, 0.5) is 0 Å². The zero-order valence-electron chi connectivity index (χ0n) is 11.3. The van der Waals surface area contributed by atoms with Crippen molar-refractivity contribution in [3.8, 4) is 0 Å². The number of ether oxygens (including phenoxy) is 1. The highest BCUT2D eigenvalue weighted by Crippen LogP contribution is 2.29. The van der Waals surface area contributed by atoms with E-state index in [0.29, 0.717) is 15.5 Å². The summed E-state index contributed by atoms with van der Waals surface area (Å²) in [6.07, 6.45) is 1.26. The quantitative estimate of drug-likeness (QED) is 0.680. The van der Waals surface area contributed by atoms with Crippen LogP contribution in [0.2, 0.25) is 5.02 Å². The molecule has 0 saturated heterocycles. The number of aromatic nitrogens is 2. The van der Waals surface area contributed by atoms with Crippen LogP contribution in [0.3, 0.4) is 0 Å². The number of esters is 1. The summed E-state index contributed by atoms with van der Waals surface area (Å²) in [5.41, 5.74) is 1.05. The molecule has 5 nitrogen and oxygen atoms in total. The van der Waals surface area contributed by atoms with Crippen molar-refractivity contribution < 1.29 is 9.53 Å². The van der Waals surface area contributed by atoms with Gasteiger partial charge in [-0.15, -0.1) is 0 Å². The molecule has 0 amide bonds. The molecule has 21 heavy (non-hydrogen) atoms. The summed E-state index contributed by atoms with van der Waals surface area (Å²) < 4.78 is 7.17. The van der Waals surface area contributed by atoms with Crippen molar-refractivity contribution in [3.05, 3.63) is 44.8 Å². The second-order valence-corrected chi connectivity index (χ2v) is 5.90. The van der Waals surface area contributed by atoms with Crippen molar-refractivity contribution in [2.75, 3.05) is 6.61 Å². The molecule has 0 N–H and O–H groups in total. The Kier molecular flexibility index (Phi) is 3.43. The van der Waals surface area contributed by atoms with Gasteiger partial charge in [0.05, 0.1) is 23.0 Å². The van der Waals surface area contributed by atoms with E-state index in [1.807, 2.05) is 13.0 Å². The van der Waals surface area contributed by atoms with Crippen LogP contribution in [-0.4, -0.2) is 22.0 Å². The van der Waals surface area contributed by atoms with Crippen LogP contribution in [0, 0.1) is 6.92 Å². The normalized spacial score (nSPS) is 11.2. The van der Waals surface area contributed by atoms with E-state index in [9.17, 15) is 9.59 Å². The van der Waals surface area contributed by atoms with Crippen LogP contribution in [0.1, 0.15) is 22.8 Å². The lowest BCUT2D eigenvalue weighted by atomic mass is 10.2. The van der Waals surface area contributed by atoms with E-state index in [4.69, 9.17) is 16.3 Å². The molecular formula is C14H11ClN2O3S. The first-order chi connectivity index (χ1) is 10.0. The van der Waals surface area contributed by atoms with Crippen LogP contribution >= 0.6 is 22.9 Å². The summed E-state index contributed by atoms with van der Waals surface area (Å²) >= 11 is 7.50. The van der Waals surface area contributed by atoms with Gasteiger partial charge < -0.3 is 4.74 Å². The first-order valence-corrected chi connectivity index (χ1v) is 7.50. The number of rotatable bonds is 2. The summed E-state index contributed by atoms with van der Waals surface area (Å²) in [5, 5.41) is 0.565. The summed E-state index contributed by atoms with van der Waals surface area (Å²) in [7, 11) is 0. The lowest BCUT2D eigenvalue weighted by Crippen LogP contribution is -2.23. The number of hydrogen-bond acceptors (Lipinski definition) is 5. The topological polar surface area (TPSA) is 60.7 Å². The molecule has 0 atom stereocenters. The number of nitrogens with zero attached hydrogens (tertiary/aromatic N) is 2. The smallest absolute Gasteiger partial charge is 0.345 e. The van der Waals surface area contributed by atoms with Gasteiger partial charge in [-0.05, 0) is 31.5 Å². The lowest BCUT2D eigenvalue weighted by Gasteiger charge is -2.02. The molecule has 0 unspecified atom stereocenters. The van der Waals surface area contributed by atoms with Gasteiger partial charge in [-0.2, -0.15) is 0 Å². The van der Waals surface area contributed by atoms with Crippen molar-refractivity contribution in [2.24, 2.45) is 0 Å². The zero-order chi connectivity index (χ0) is 15.1. The standard InChI is InChI=1S/C14H11ClN2O3S/c1-3-20-13(19)8-6-16-14-17(12(8)18)10-5-9(15)7(2)4-11(10)21-14/h4-6H,3H2,1-2H3. The van der Waals surface area contributed by atoms with Crippen LogP contribution in [0.25, 0.3) is 15.2 Å². The largest absolute Gasteiger partial charge is 0.462 e. The van der Waals surface area contributed by atoms with Crippen LogP contribution in [0.5, 0.6) is 0 Å². The number of halogens is 1. The minimum absolute atomic E-state index is 0.0780. The molecule has 0 fully saturated rings. The molecule has 0 aliphatic carbocycles. The van der Waals surface area contributed by atoms with E-state index in [2.05, 4.69) is 4.98 Å². The fraction of sp³-hybridized carbons (Fsp3) is 0.214. The first kappa shape index (κ1) is 14.0. The Morgan fingerprint density at radius 2 is 2.24 bits per heavy atom. The third-order valence-electron chi connectivity index (χ3n) is 3.11. The van der Waals surface area contributed by atoms with E-state index in [0.717, 1.165) is 10.3 Å². The fourth-order valence-electron chi connectivity index (χ4n) is 2.07. The number of benzene rings is 1. The number of fused-ring (bicyclic) bond motifs is 3. The predicted octanol–water partition coefficient (Wildman–Crippen LogP) is 3.05. The summed E-state index contributed by atoms with van der Waals surface area (Å²) in [6.45, 7) is 3.78. The molecule has 3 aromatic rings. The molecule has 1 aromatic carbocycles. The van der Waals surface area contributed by atoms with Crippen molar-refractivity contribution in [1.82, 2.24) is 9.38 Å². The predicted molar refractivity (Wildman–Crippen MR) is 82.5 cm³/mol. The SMILES string of the molecule is CCOC(=O)c1cnc2sc3cc(C)c(Cl)cc3n2c1=O. The Hall–Kier alpha value is -1.92. The minimum atomic E-state index is -0.665. The summed E-state index contributed by atoms with van der Waals surface area (Å²) in [4.78, 5) is 29.0. The van der Waals surface area contributed by atoms with E-state index >= 15 is 0 Å². The Morgan fingerprint density at radius 3 is 2.95 bits per heavy atom. The van der Waals surface area contributed by atoms with Gasteiger partial charge in [-0.1, -0.05) is 22.9 Å². The highest BCUT2D eigenvalue weighted by Gasteiger charge is 2.17. The molecule has 0 saturated carbocycles. The van der Waals surface area contributed by atoms with Crippen molar-refractivity contribution in [3.63, 3.8) is 0 Å². The van der Waals surface area contributed by atoms with Crippen molar-refractivity contribution >= 4 is 44.1 Å². The summed E-state index contributed by atoms with van der Waals surface area (Å²) in [6, 6.07) is 3.62. The van der Waals surface area contributed by atoms with Gasteiger partial charge in [-0.25, -0.2) is 9.78 Å². The van der Waals surface area contributed by atoms with Gasteiger partial charge in [-0.3, -0.25) is 9.20 Å². The van der Waals surface area contributed by atoms with Crippen molar-refractivity contribution in [1.29, 1.82) is 0 Å². The van der Waals surface area contributed by atoms with Crippen LogP contribution < -0.4 is 5.56 Å². The van der Waals surface area contributed by atoms with Gasteiger partial charge in [0.1, 0.15) is 5.56 Å². The van der Waals surface area contributed by atoms with E-state index in [1.165, 1.54) is 21.9 Å². The zero-order valence-corrected chi connectivity index (χ0v) is 12.9. The molecule has 0 aliphatic rings. The molecule has 7 heteroatoms. The second kappa shape index (κ2) is 5.13. The maximum Gasteiger partial charge on any atom is 0.345 e. The highest BCUT2D eigenvalue weighted by molar-refractivity contribution is 7.23. The second-order valence-electron chi connectivity index (χ2n) is 4.49. The molecular weight excluding hydrogens is 312 g/mol. The van der Waals surface area contributed by atoms with Gasteiger partial charge in [0.15, 0.2) is 4.96 Å². The van der Waals surface area contributed by atoms with Crippen LogP contribution in [0.15, 0.2) is 23.1 Å². The van der Waals surface area contributed by atoms with E-state index in [1.54, 1.807) is 13.0 Å². The van der Waals surface area contributed by atoms with Crippen molar-refractivity contribution in [2.45, 2.75) is 13.8 Å². The van der Waals surface area contributed by atoms with E-state index < -0.39 is 11.5 Å². The Bertz CT molecular complexity index is 929. The highest BCUT2D eigenvalue weighted by atomic mass is 35.5. The average Bonchev–Trinajstić information content (AvgIpc) is 2.78. The third-order valence-corrected chi connectivity index (χ3v) is 4.53. The fourth-order valence-corrected chi connectivity index (χ4v) is 3.30. The minimum Gasteiger partial charge on any atom is -0.462 e. The van der Waals surface area contributed by atoms with E-state index in [-0.39, 0.29) is 12.2 Å². The number of thiazole rings is 1. The summed E-state index contributed by atoms with van der Waals surface area (Å²) in [5.74, 6) is -0.665. The molecule has 0 spiro atoms. The molecule has 2 aromatic heterocycles. The maximum absolute atomic E-state index is 12.5. The molecule has 0 bridgehead atoms. The lowest BCUT2D eigenvalue weighted by molar-refractivity contribution is 0.0523. The maximum atomic E-state index is 12.5. The first-order valence-electron chi connectivity index (χ1n) is 6.30. The van der Waals surface area contributed by atoms with Gasteiger partial charge >= 0.3 is 5.97 Å².